The molecule has 1 aromatic carbocycles. The molecule has 2 rings (SSSR count). The molecule has 1 N–H and O–H groups in total. The summed E-state index contributed by atoms with van der Waals surface area (Å²) in [7, 11) is 1.71. The Balaban J connectivity index is 2.40. The molecule has 1 saturated heterocycles. The molecular weight excluding hydrogens is 222 g/mol. The molecule has 16 heavy (non-hydrogen) atoms. The van der Waals surface area contributed by atoms with Crippen LogP contribution in [-0.4, -0.2) is 20.2 Å². The van der Waals surface area contributed by atoms with Crippen molar-refractivity contribution in [2.75, 3.05) is 20.2 Å². The molecule has 1 unspecified atom stereocenters. The van der Waals surface area contributed by atoms with Crippen LogP contribution in [-0.2, 0) is 5.41 Å². The minimum Gasteiger partial charge on any atom is -0.496 e. The molecule has 1 heterocycles. The number of benzene rings is 1. The predicted molar refractivity (Wildman–Crippen MR) is 67.5 cm³/mol. The van der Waals surface area contributed by atoms with Crippen molar-refractivity contribution in [3.8, 4) is 5.75 Å². The quantitative estimate of drug-likeness (QED) is 0.857. The van der Waals surface area contributed by atoms with Gasteiger partial charge in [-0.1, -0.05) is 18.5 Å². The third-order valence-corrected chi connectivity index (χ3v) is 3.64. The van der Waals surface area contributed by atoms with Gasteiger partial charge in [0.05, 0.1) is 7.11 Å². The molecule has 0 amide bonds. The minimum atomic E-state index is 0.133. The van der Waals surface area contributed by atoms with E-state index in [9.17, 15) is 0 Å². The monoisotopic (exact) mass is 239 g/mol. The van der Waals surface area contributed by atoms with Crippen molar-refractivity contribution < 1.29 is 4.74 Å². The van der Waals surface area contributed by atoms with Gasteiger partial charge in [-0.15, -0.1) is 0 Å². The van der Waals surface area contributed by atoms with Crippen LogP contribution in [0.15, 0.2) is 18.2 Å². The molecule has 0 bridgehead atoms. The highest BCUT2D eigenvalue weighted by Crippen LogP contribution is 2.37. The van der Waals surface area contributed by atoms with E-state index in [0.29, 0.717) is 0 Å². The number of hydrogen-bond acceptors (Lipinski definition) is 2. The predicted octanol–water partition coefficient (Wildman–Crippen LogP) is 2.99. The van der Waals surface area contributed by atoms with Gasteiger partial charge in [-0.3, -0.25) is 0 Å². The fraction of sp³-hybridized carbons (Fsp3) is 0.538. The molecule has 1 aliphatic rings. The topological polar surface area (TPSA) is 21.3 Å². The third kappa shape index (κ3) is 2.18. The summed E-state index contributed by atoms with van der Waals surface area (Å²) in [5.74, 6) is 0.940. The second kappa shape index (κ2) is 4.64. The number of methoxy groups -OCH3 is 1. The average Bonchev–Trinajstić information content (AvgIpc) is 2.30. The van der Waals surface area contributed by atoms with E-state index in [4.69, 9.17) is 16.3 Å². The summed E-state index contributed by atoms with van der Waals surface area (Å²) >= 11 is 6.08. The molecule has 2 nitrogen and oxygen atoms in total. The molecular formula is C13H18ClNO. The Morgan fingerprint density at radius 2 is 2.25 bits per heavy atom. The molecule has 0 spiro atoms. The SMILES string of the molecule is COc1ccc(Cl)cc1C1(C)CCCNC1. The molecule has 1 atom stereocenters. The van der Waals surface area contributed by atoms with E-state index < -0.39 is 0 Å². The third-order valence-electron chi connectivity index (χ3n) is 3.41. The normalized spacial score (nSPS) is 25.4. The van der Waals surface area contributed by atoms with Gasteiger partial charge in [0.2, 0.25) is 0 Å². The van der Waals surface area contributed by atoms with Gasteiger partial charge in [0, 0.05) is 22.5 Å². The number of hydrogen-bond donors (Lipinski definition) is 1. The number of rotatable bonds is 2. The summed E-state index contributed by atoms with van der Waals surface area (Å²) in [5, 5.41) is 4.23. The van der Waals surface area contributed by atoms with Gasteiger partial charge >= 0.3 is 0 Å². The lowest BCUT2D eigenvalue weighted by Gasteiger charge is -2.35. The maximum atomic E-state index is 6.08. The zero-order valence-electron chi connectivity index (χ0n) is 9.85. The highest BCUT2D eigenvalue weighted by Gasteiger charge is 2.31. The van der Waals surface area contributed by atoms with Crippen molar-refractivity contribution in [3.63, 3.8) is 0 Å². The van der Waals surface area contributed by atoms with Gasteiger partial charge in [0.25, 0.3) is 0 Å². The van der Waals surface area contributed by atoms with Crippen molar-refractivity contribution in [2.24, 2.45) is 0 Å². The summed E-state index contributed by atoms with van der Waals surface area (Å²) in [5.41, 5.74) is 1.35. The molecule has 3 heteroatoms. The maximum Gasteiger partial charge on any atom is 0.122 e. The molecule has 0 saturated carbocycles. The lowest BCUT2D eigenvalue weighted by Crippen LogP contribution is -2.41. The van der Waals surface area contributed by atoms with Crippen LogP contribution in [0.2, 0.25) is 5.02 Å². The summed E-state index contributed by atoms with van der Waals surface area (Å²) < 4.78 is 5.43. The molecule has 1 aliphatic heterocycles. The molecule has 88 valence electrons. The summed E-state index contributed by atoms with van der Waals surface area (Å²) in [6.45, 7) is 4.37. The molecule has 0 aliphatic carbocycles. The fourth-order valence-electron chi connectivity index (χ4n) is 2.44. The van der Waals surface area contributed by atoms with E-state index in [1.807, 2.05) is 18.2 Å². The van der Waals surface area contributed by atoms with Gasteiger partial charge in [0.1, 0.15) is 5.75 Å². The van der Waals surface area contributed by atoms with Gasteiger partial charge in [-0.2, -0.15) is 0 Å². The van der Waals surface area contributed by atoms with Gasteiger partial charge in [-0.25, -0.2) is 0 Å². The standard InChI is InChI=1S/C13H18ClNO/c1-13(6-3-7-15-9-13)11-8-10(14)4-5-12(11)16-2/h4-5,8,15H,3,6-7,9H2,1-2H3. The van der Waals surface area contributed by atoms with Crippen LogP contribution >= 0.6 is 11.6 Å². The maximum absolute atomic E-state index is 6.08. The van der Waals surface area contributed by atoms with Crippen LogP contribution in [0.25, 0.3) is 0 Å². The van der Waals surface area contributed by atoms with Gasteiger partial charge in [-0.05, 0) is 37.6 Å². The molecule has 1 aromatic rings. The number of ether oxygens (including phenoxy) is 1. The van der Waals surface area contributed by atoms with E-state index in [0.717, 1.165) is 23.9 Å². The van der Waals surface area contributed by atoms with E-state index in [-0.39, 0.29) is 5.41 Å². The van der Waals surface area contributed by atoms with Crippen LogP contribution in [0.4, 0.5) is 0 Å². The number of halogens is 1. The highest BCUT2D eigenvalue weighted by atomic mass is 35.5. The Labute approximate surface area is 102 Å². The Bertz CT molecular complexity index is 372. The fourth-order valence-corrected chi connectivity index (χ4v) is 2.61. The second-order valence-corrected chi connectivity index (χ2v) is 5.12. The van der Waals surface area contributed by atoms with Crippen LogP contribution < -0.4 is 10.1 Å². The lowest BCUT2D eigenvalue weighted by molar-refractivity contribution is 0.321. The number of piperidine rings is 1. The number of nitrogens with one attached hydrogen (secondary N) is 1. The first-order chi connectivity index (χ1) is 7.65. The van der Waals surface area contributed by atoms with Crippen LogP contribution in [0.5, 0.6) is 5.75 Å². The van der Waals surface area contributed by atoms with Crippen molar-refractivity contribution in [3.05, 3.63) is 28.8 Å². The zero-order valence-corrected chi connectivity index (χ0v) is 10.6. The van der Waals surface area contributed by atoms with Crippen LogP contribution in [0.3, 0.4) is 0 Å². The van der Waals surface area contributed by atoms with Gasteiger partial charge in [0.15, 0.2) is 0 Å². The highest BCUT2D eigenvalue weighted by molar-refractivity contribution is 6.30. The Morgan fingerprint density at radius 1 is 1.44 bits per heavy atom. The van der Waals surface area contributed by atoms with E-state index in [1.54, 1.807) is 7.11 Å². The lowest BCUT2D eigenvalue weighted by atomic mass is 9.76. The first kappa shape index (κ1) is 11.7. The first-order valence-corrected chi connectivity index (χ1v) is 6.08. The molecule has 1 fully saturated rings. The van der Waals surface area contributed by atoms with Crippen molar-refractivity contribution in [1.82, 2.24) is 5.32 Å². The molecule has 0 aromatic heterocycles. The van der Waals surface area contributed by atoms with Crippen LogP contribution in [0.1, 0.15) is 25.3 Å². The second-order valence-electron chi connectivity index (χ2n) is 4.69. The van der Waals surface area contributed by atoms with E-state index in [2.05, 4.69) is 12.2 Å². The molecule has 0 radical (unpaired) electrons. The summed E-state index contributed by atoms with van der Waals surface area (Å²) in [4.78, 5) is 0. The minimum absolute atomic E-state index is 0.133. The van der Waals surface area contributed by atoms with Gasteiger partial charge < -0.3 is 10.1 Å². The van der Waals surface area contributed by atoms with Crippen molar-refractivity contribution in [2.45, 2.75) is 25.2 Å². The van der Waals surface area contributed by atoms with Crippen molar-refractivity contribution >= 4 is 11.6 Å². The van der Waals surface area contributed by atoms with E-state index in [1.165, 1.54) is 18.4 Å². The summed E-state index contributed by atoms with van der Waals surface area (Å²) in [6.07, 6.45) is 2.38. The van der Waals surface area contributed by atoms with E-state index >= 15 is 0 Å². The van der Waals surface area contributed by atoms with Crippen LogP contribution in [0, 0.1) is 0 Å². The average molecular weight is 240 g/mol. The zero-order chi connectivity index (χ0) is 11.6. The first-order valence-electron chi connectivity index (χ1n) is 5.70. The summed E-state index contributed by atoms with van der Waals surface area (Å²) in [6, 6.07) is 5.87. The Kier molecular flexibility index (Phi) is 3.41. The smallest absolute Gasteiger partial charge is 0.122 e. The largest absolute Gasteiger partial charge is 0.496 e. The Morgan fingerprint density at radius 3 is 2.88 bits per heavy atom. The van der Waals surface area contributed by atoms with Crippen molar-refractivity contribution in [1.29, 1.82) is 0 Å². The Hall–Kier alpha value is -0.730.